The van der Waals surface area contributed by atoms with Gasteiger partial charge in [0.15, 0.2) is 0 Å². The first-order valence-corrected chi connectivity index (χ1v) is 7.92. The summed E-state index contributed by atoms with van der Waals surface area (Å²) in [6.45, 7) is 3.09. The Balaban J connectivity index is 1.59. The number of aromatic nitrogens is 2. The largest absolute Gasteiger partial charge is 0.382 e. The van der Waals surface area contributed by atoms with E-state index in [4.69, 9.17) is 16.4 Å². The summed E-state index contributed by atoms with van der Waals surface area (Å²) >= 11 is 6.01. The van der Waals surface area contributed by atoms with Crippen molar-refractivity contribution in [3.05, 3.63) is 52.6 Å². The van der Waals surface area contributed by atoms with Gasteiger partial charge in [0.2, 0.25) is 6.10 Å². The van der Waals surface area contributed by atoms with Crippen molar-refractivity contribution >= 4 is 23.2 Å². The summed E-state index contributed by atoms with van der Waals surface area (Å²) in [5.41, 5.74) is 1.40. The van der Waals surface area contributed by atoms with E-state index in [-0.39, 0.29) is 22.9 Å². The van der Waals surface area contributed by atoms with E-state index in [0.717, 1.165) is 12.1 Å². The van der Waals surface area contributed by atoms with Crippen molar-refractivity contribution in [2.24, 2.45) is 5.16 Å². The van der Waals surface area contributed by atoms with Crippen molar-refractivity contribution in [3.8, 4) is 0 Å². The maximum absolute atomic E-state index is 13.9. The van der Waals surface area contributed by atoms with Crippen LogP contribution in [0.2, 0.25) is 5.02 Å². The average Bonchev–Trinajstić information content (AvgIpc) is 3.22. The Morgan fingerprint density at radius 3 is 3.08 bits per heavy atom. The van der Waals surface area contributed by atoms with E-state index in [9.17, 15) is 9.18 Å². The zero-order valence-corrected chi connectivity index (χ0v) is 13.8. The van der Waals surface area contributed by atoms with Crippen molar-refractivity contribution in [3.63, 3.8) is 0 Å². The molecule has 3 rings (SSSR count). The number of amides is 1. The highest BCUT2D eigenvalue weighted by molar-refractivity contribution is 6.34. The topological polar surface area (TPSA) is 68.5 Å². The number of hydrogen-bond acceptors (Lipinski definition) is 4. The Morgan fingerprint density at radius 1 is 1.54 bits per heavy atom. The molecule has 0 aliphatic carbocycles. The SMILES string of the molecule is CCn1cc(CNC(=O)C2CC(c3c(F)cccc3Cl)=NO2)cn1. The van der Waals surface area contributed by atoms with Gasteiger partial charge in [-0.05, 0) is 19.1 Å². The molecule has 1 unspecified atom stereocenters. The number of nitrogens with one attached hydrogen (secondary N) is 1. The minimum Gasteiger partial charge on any atom is -0.382 e. The first-order chi connectivity index (χ1) is 11.6. The fourth-order valence-corrected chi connectivity index (χ4v) is 2.68. The van der Waals surface area contributed by atoms with Gasteiger partial charge in [-0.25, -0.2) is 4.39 Å². The first kappa shape index (κ1) is 16.4. The molecule has 0 bridgehead atoms. The zero-order valence-electron chi connectivity index (χ0n) is 13.0. The molecule has 126 valence electrons. The minimum atomic E-state index is -0.795. The van der Waals surface area contributed by atoms with Crippen LogP contribution in [0.15, 0.2) is 35.7 Å². The number of carbonyl (C=O) groups is 1. The van der Waals surface area contributed by atoms with Gasteiger partial charge >= 0.3 is 0 Å². The normalized spacial score (nSPS) is 16.6. The molecule has 2 heterocycles. The van der Waals surface area contributed by atoms with Crippen molar-refractivity contribution < 1.29 is 14.0 Å². The van der Waals surface area contributed by atoms with Crippen LogP contribution in [0, 0.1) is 5.82 Å². The smallest absolute Gasteiger partial charge is 0.264 e. The van der Waals surface area contributed by atoms with Crippen LogP contribution < -0.4 is 5.32 Å². The van der Waals surface area contributed by atoms with Crippen molar-refractivity contribution in [2.45, 2.75) is 32.5 Å². The van der Waals surface area contributed by atoms with Gasteiger partial charge in [0.25, 0.3) is 5.91 Å². The van der Waals surface area contributed by atoms with Gasteiger partial charge in [0.1, 0.15) is 5.82 Å². The van der Waals surface area contributed by atoms with Crippen LogP contribution in [0.5, 0.6) is 0 Å². The Kier molecular flexibility index (Phi) is 4.80. The quantitative estimate of drug-likeness (QED) is 0.900. The van der Waals surface area contributed by atoms with E-state index in [1.54, 1.807) is 16.9 Å². The van der Waals surface area contributed by atoms with Crippen LogP contribution in [0.3, 0.4) is 0 Å². The van der Waals surface area contributed by atoms with E-state index in [1.165, 1.54) is 12.1 Å². The van der Waals surface area contributed by atoms with Gasteiger partial charge in [0.05, 0.1) is 22.5 Å². The van der Waals surface area contributed by atoms with Crippen molar-refractivity contribution in [2.75, 3.05) is 0 Å². The molecule has 24 heavy (non-hydrogen) atoms. The summed E-state index contributed by atoms with van der Waals surface area (Å²) in [6, 6.07) is 4.38. The molecule has 0 radical (unpaired) electrons. The second-order valence-corrected chi connectivity index (χ2v) is 5.76. The molecule has 0 spiro atoms. The summed E-state index contributed by atoms with van der Waals surface area (Å²) in [7, 11) is 0. The minimum absolute atomic E-state index is 0.167. The fraction of sp³-hybridized carbons (Fsp3) is 0.312. The Labute approximate surface area is 143 Å². The van der Waals surface area contributed by atoms with Gasteiger partial charge in [0, 0.05) is 31.3 Å². The Morgan fingerprint density at radius 2 is 2.38 bits per heavy atom. The van der Waals surface area contributed by atoms with Gasteiger partial charge in [-0.1, -0.05) is 22.8 Å². The highest BCUT2D eigenvalue weighted by Crippen LogP contribution is 2.25. The number of oxime groups is 1. The molecular formula is C16H16ClFN4O2. The molecule has 1 aliphatic rings. The summed E-state index contributed by atoms with van der Waals surface area (Å²) in [4.78, 5) is 17.3. The fourth-order valence-electron chi connectivity index (χ4n) is 2.41. The lowest BCUT2D eigenvalue weighted by Gasteiger charge is -2.08. The predicted molar refractivity (Wildman–Crippen MR) is 87.2 cm³/mol. The van der Waals surface area contributed by atoms with Crippen LogP contribution in [-0.4, -0.2) is 27.5 Å². The third-order valence-electron chi connectivity index (χ3n) is 3.69. The van der Waals surface area contributed by atoms with E-state index in [2.05, 4.69) is 15.6 Å². The number of rotatable bonds is 5. The van der Waals surface area contributed by atoms with Gasteiger partial charge in [-0.15, -0.1) is 0 Å². The maximum Gasteiger partial charge on any atom is 0.264 e. The van der Waals surface area contributed by atoms with Gasteiger partial charge in [-0.3, -0.25) is 9.48 Å². The average molecular weight is 351 g/mol. The molecule has 0 saturated heterocycles. The van der Waals surface area contributed by atoms with Crippen LogP contribution in [0.4, 0.5) is 4.39 Å². The Hall–Kier alpha value is -2.41. The van der Waals surface area contributed by atoms with Crippen LogP contribution in [0.25, 0.3) is 0 Å². The van der Waals surface area contributed by atoms with Crippen molar-refractivity contribution in [1.29, 1.82) is 0 Å². The molecule has 0 fully saturated rings. The third-order valence-corrected chi connectivity index (χ3v) is 4.01. The summed E-state index contributed by atoms with van der Waals surface area (Å²) < 4.78 is 15.7. The van der Waals surface area contributed by atoms with Crippen LogP contribution in [0.1, 0.15) is 24.5 Å². The summed E-state index contributed by atoms with van der Waals surface area (Å²) in [6.07, 6.45) is 2.93. The lowest BCUT2D eigenvalue weighted by atomic mass is 10.0. The van der Waals surface area contributed by atoms with Gasteiger partial charge < -0.3 is 10.2 Å². The zero-order chi connectivity index (χ0) is 17.1. The molecule has 1 aliphatic heterocycles. The highest BCUT2D eigenvalue weighted by atomic mass is 35.5. The number of aryl methyl sites for hydroxylation is 1. The monoisotopic (exact) mass is 350 g/mol. The molecular weight excluding hydrogens is 335 g/mol. The second-order valence-electron chi connectivity index (χ2n) is 5.35. The number of hydrogen-bond donors (Lipinski definition) is 1. The molecule has 6 nitrogen and oxygen atoms in total. The lowest BCUT2D eigenvalue weighted by Crippen LogP contribution is -2.34. The molecule has 1 aromatic carbocycles. The predicted octanol–water partition coefficient (Wildman–Crippen LogP) is 2.50. The summed E-state index contributed by atoms with van der Waals surface area (Å²) in [5.74, 6) is -0.802. The highest BCUT2D eigenvalue weighted by Gasteiger charge is 2.30. The number of carbonyl (C=O) groups excluding carboxylic acids is 1. The molecule has 1 N–H and O–H groups in total. The van der Waals surface area contributed by atoms with E-state index in [1.807, 2.05) is 13.1 Å². The van der Waals surface area contributed by atoms with Crippen LogP contribution in [-0.2, 0) is 22.7 Å². The lowest BCUT2D eigenvalue weighted by molar-refractivity contribution is -0.131. The van der Waals surface area contributed by atoms with E-state index < -0.39 is 11.9 Å². The molecule has 0 saturated carbocycles. The number of nitrogens with zero attached hydrogens (tertiary/aromatic N) is 3. The molecule has 8 heteroatoms. The maximum atomic E-state index is 13.9. The Bertz CT molecular complexity index is 770. The van der Waals surface area contributed by atoms with Gasteiger partial charge in [-0.2, -0.15) is 5.10 Å². The first-order valence-electron chi connectivity index (χ1n) is 7.54. The number of benzene rings is 1. The van der Waals surface area contributed by atoms with E-state index in [0.29, 0.717) is 12.3 Å². The third kappa shape index (κ3) is 3.41. The molecule has 1 amide bonds. The number of halogens is 2. The molecule has 1 atom stereocenters. The van der Waals surface area contributed by atoms with Crippen molar-refractivity contribution in [1.82, 2.24) is 15.1 Å². The standard InChI is InChI=1S/C16H16ClFN4O2/c1-2-22-9-10(8-20-22)7-19-16(23)14-6-13(21-24-14)15-11(17)4-3-5-12(15)18/h3-5,8-9,14H,2,6-7H2,1H3,(H,19,23). The van der Waals surface area contributed by atoms with Crippen LogP contribution >= 0.6 is 11.6 Å². The molecule has 1 aromatic heterocycles. The second kappa shape index (κ2) is 7.00. The molecule has 2 aromatic rings. The summed E-state index contributed by atoms with van der Waals surface area (Å²) in [5, 5.41) is 11.0. The van der Waals surface area contributed by atoms with E-state index >= 15 is 0 Å².